The van der Waals surface area contributed by atoms with Crippen LogP contribution in [-0.2, 0) is 0 Å². The van der Waals surface area contributed by atoms with Gasteiger partial charge in [0, 0.05) is 38.4 Å². The zero-order valence-electron chi connectivity index (χ0n) is 15.0. The van der Waals surface area contributed by atoms with Crippen molar-refractivity contribution in [1.82, 2.24) is 10.2 Å². The number of rotatable bonds is 7. The molecule has 1 aromatic carbocycles. The molecule has 1 aliphatic heterocycles. The normalized spacial score (nSPS) is 16.1. The largest absolute Gasteiger partial charge is 0.508 e. The molecule has 0 saturated carbocycles. The first kappa shape index (κ1) is 18.8. The molecular formula is C19H31N3OS. The van der Waals surface area contributed by atoms with Crippen molar-refractivity contribution in [2.45, 2.75) is 39.5 Å². The van der Waals surface area contributed by atoms with Gasteiger partial charge in [-0.05, 0) is 48.8 Å². The van der Waals surface area contributed by atoms with E-state index in [4.69, 9.17) is 12.2 Å². The van der Waals surface area contributed by atoms with Gasteiger partial charge in [0.05, 0.1) is 0 Å². The summed E-state index contributed by atoms with van der Waals surface area (Å²) in [4.78, 5) is 4.62. The van der Waals surface area contributed by atoms with E-state index in [0.29, 0.717) is 5.75 Å². The monoisotopic (exact) mass is 349 g/mol. The molecule has 134 valence electrons. The van der Waals surface area contributed by atoms with Crippen LogP contribution in [0.15, 0.2) is 24.3 Å². The summed E-state index contributed by atoms with van der Waals surface area (Å²) in [6.07, 6.45) is 5.07. The average Bonchev–Trinajstić information content (AvgIpc) is 2.62. The molecule has 1 heterocycles. The molecule has 1 atom stereocenters. The molecule has 0 amide bonds. The first-order chi connectivity index (χ1) is 11.6. The lowest BCUT2D eigenvalue weighted by Crippen LogP contribution is -2.52. The molecule has 0 radical (unpaired) electrons. The molecule has 1 aliphatic rings. The number of phenols is 1. The van der Waals surface area contributed by atoms with Gasteiger partial charge in [-0.3, -0.25) is 0 Å². The molecule has 24 heavy (non-hydrogen) atoms. The zero-order chi connectivity index (χ0) is 17.4. The average molecular weight is 350 g/mol. The van der Waals surface area contributed by atoms with Crippen LogP contribution in [0.3, 0.4) is 0 Å². The van der Waals surface area contributed by atoms with Crippen molar-refractivity contribution in [2.24, 2.45) is 5.92 Å². The van der Waals surface area contributed by atoms with Crippen molar-refractivity contribution in [2.75, 3.05) is 37.6 Å². The predicted octanol–water partition coefficient (Wildman–Crippen LogP) is 3.61. The highest BCUT2D eigenvalue weighted by molar-refractivity contribution is 7.80. The lowest BCUT2D eigenvalue weighted by Gasteiger charge is -2.37. The standard InChI is InChI=1S/C19H31N3OS/c1-3-5-6-16(4-2)15-20-19(24)22-13-11-21(12-14-22)17-7-9-18(23)10-8-17/h7-10,16,23H,3-6,11-15H2,1-2H3,(H,20,24)/t16-/m1/s1. The molecule has 0 spiro atoms. The molecule has 1 aromatic rings. The second-order valence-corrected chi connectivity index (χ2v) is 6.98. The molecule has 0 bridgehead atoms. The fourth-order valence-corrected chi connectivity index (χ4v) is 3.38. The van der Waals surface area contributed by atoms with Crippen LogP contribution >= 0.6 is 12.2 Å². The molecule has 2 rings (SSSR count). The number of benzene rings is 1. The van der Waals surface area contributed by atoms with E-state index in [2.05, 4.69) is 29.0 Å². The van der Waals surface area contributed by atoms with Gasteiger partial charge in [-0.2, -0.15) is 0 Å². The molecule has 0 aromatic heterocycles. The van der Waals surface area contributed by atoms with Crippen LogP contribution in [0.2, 0.25) is 0 Å². The minimum Gasteiger partial charge on any atom is -0.508 e. The van der Waals surface area contributed by atoms with Crippen LogP contribution in [0.1, 0.15) is 39.5 Å². The third-order valence-corrected chi connectivity index (χ3v) is 5.27. The predicted molar refractivity (Wildman–Crippen MR) is 106 cm³/mol. The van der Waals surface area contributed by atoms with Crippen LogP contribution in [0.25, 0.3) is 0 Å². The summed E-state index contributed by atoms with van der Waals surface area (Å²) in [7, 11) is 0. The van der Waals surface area contributed by atoms with Crippen molar-refractivity contribution in [1.29, 1.82) is 0 Å². The van der Waals surface area contributed by atoms with Gasteiger partial charge in [0.25, 0.3) is 0 Å². The van der Waals surface area contributed by atoms with Gasteiger partial charge in [-0.15, -0.1) is 0 Å². The Hall–Kier alpha value is -1.49. The van der Waals surface area contributed by atoms with Gasteiger partial charge >= 0.3 is 0 Å². The third-order valence-electron chi connectivity index (χ3n) is 4.87. The number of hydrogen-bond acceptors (Lipinski definition) is 3. The first-order valence-electron chi connectivity index (χ1n) is 9.20. The van der Waals surface area contributed by atoms with Gasteiger partial charge in [0.2, 0.25) is 0 Å². The minimum atomic E-state index is 0.316. The second kappa shape index (κ2) is 9.72. The Morgan fingerprint density at radius 3 is 2.42 bits per heavy atom. The maximum Gasteiger partial charge on any atom is 0.169 e. The Kier molecular flexibility index (Phi) is 7.63. The van der Waals surface area contributed by atoms with Crippen LogP contribution in [0, 0.1) is 5.92 Å². The van der Waals surface area contributed by atoms with Crippen LogP contribution in [0.5, 0.6) is 5.75 Å². The van der Waals surface area contributed by atoms with Crippen molar-refractivity contribution in [3.63, 3.8) is 0 Å². The number of nitrogens with one attached hydrogen (secondary N) is 1. The lowest BCUT2D eigenvalue weighted by molar-refractivity contribution is 0.370. The fourth-order valence-electron chi connectivity index (χ4n) is 3.12. The highest BCUT2D eigenvalue weighted by atomic mass is 32.1. The van der Waals surface area contributed by atoms with Gasteiger partial charge in [0.1, 0.15) is 5.75 Å². The van der Waals surface area contributed by atoms with E-state index in [9.17, 15) is 5.11 Å². The number of phenolic OH excluding ortho intramolecular Hbond substituents is 1. The number of aromatic hydroxyl groups is 1. The Morgan fingerprint density at radius 2 is 1.83 bits per heavy atom. The van der Waals surface area contributed by atoms with Gasteiger partial charge in [0.15, 0.2) is 5.11 Å². The van der Waals surface area contributed by atoms with Gasteiger partial charge in [-0.25, -0.2) is 0 Å². The van der Waals surface area contributed by atoms with E-state index in [1.807, 2.05) is 12.1 Å². The SMILES string of the molecule is CCCC[C@@H](CC)CNC(=S)N1CCN(c2ccc(O)cc2)CC1. The van der Waals surface area contributed by atoms with E-state index in [1.54, 1.807) is 12.1 Å². The maximum absolute atomic E-state index is 9.40. The molecule has 0 aliphatic carbocycles. The molecular weight excluding hydrogens is 318 g/mol. The molecule has 1 fully saturated rings. The van der Waals surface area contributed by atoms with E-state index in [0.717, 1.165) is 49.4 Å². The van der Waals surface area contributed by atoms with E-state index in [1.165, 1.54) is 25.7 Å². The molecule has 0 unspecified atom stereocenters. The van der Waals surface area contributed by atoms with E-state index < -0.39 is 0 Å². The highest BCUT2D eigenvalue weighted by Gasteiger charge is 2.19. The maximum atomic E-state index is 9.40. The number of anilines is 1. The third kappa shape index (κ3) is 5.55. The Balaban J connectivity index is 1.75. The summed E-state index contributed by atoms with van der Waals surface area (Å²) in [5.41, 5.74) is 1.16. The molecule has 5 heteroatoms. The lowest BCUT2D eigenvalue weighted by atomic mass is 9.99. The Labute approximate surface area is 151 Å². The number of piperazine rings is 1. The second-order valence-electron chi connectivity index (χ2n) is 6.59. The summed E-state index contributed by atoms with van der Waals surface area (Å²) >= 11 is 5.59. The van der Waals surface area contributed by atoms with Crippen molar-refractivity contribution >= 4 is 23.0 Å². The number of nitrogens with zero attached hydrogens (tertiary/aromatic N) is 2. The summed E-state index contributed by atoms with van der Waals surface area (Å²) in [6.45, 7) is 9.31. The van der Waals surface area contributed by atoms with Crippen LogP contribution < -0.4 is 10.2 Å². The number of unbranched alkanes of at least 4 members (excludes halogenated alkanes) is 1. The number of thiocarbonyl (C=S) groups is 1. The smallest absolute Gasteiger partial charge is 0.169 e. The Morgan fingerprint density at radius 1 is 1.17 bits per heavy atom. The molecule has 4 nitrogen and oxygen atoms in total. The summed E-state index contributed by atoms with van der Waals surface area (Å²) in [5, 5.41) is 13.8. The van der Waals surface area contributed by atoms with E-state index in [-0.39, 0.29) is 0 Å². The number of hydrogen-bond donors (Lipinski definition) is 2. The fraction of sp³-hybridized carbons (Fsp3) is 0.632. The Bertz CT molecular complexity index is 498. The van der Waals surface area contributed by atoms with Gasteiger partial charge in [-0.1, -0.05) is 33.1 Å². The molecule has 1 saturated heterocycles. The summed E-state index contributed by atoms with van der Waals surface area (Å²) < 4.78 is 0. The van der Waals surface area contributed by atoms with Crippen LogP contribution in [-0.4, -0.2) is 47.8 Å². The van der Waals surface area contributed by atoms with Crippen LogP contribution in [0.4, 0.5) is 5.69 Å². The van der Waals surface area contributed by atoms with E-state index >= 15 is 0 Å². The van der Waals surface area contributed by atoms with Crippen molar-refractivity contribution in [3.05, 3.63) is 24.3 Å². The highest BCUT2D eigenvalue weighted by Crippen LogP contribution is 2.20. The summed E-state index contributed by atoms with van der Waals surface area (Å²) in [5.74, 6) is 1.04. The zero-order valence-corrected chi connectivity index (χ0v) is 15.8. The minimum absolute atomic E-state index is 0.316. The molecule has 2 N–H and O–H groups in total. The quantitative estimate of drug-likeness (QED) is 0.736. The topological polar surface area (TPSA) is 38.7 Å². The van der Waals surface area contributed by atoms with Crippen molar-refractivity contribution < 1.29 is 5.11 Å². The van der Waals surface area contributed by atoms with Crippen molar-refractivity contribution in [3.8, 4) is 5.75 Å². The van der Waals surface area contributed by atoms with Gasteiger partial charge < -0.3 is 20.2 Å². The first-order valence-corrected chi connectivity index (χ1v) is 9.61. The summed E-state index contributed by atoms with van der Waals surface area (Å²) in [6, 6.07) is 7.44.